The quantitative estimate of drug-likeness (QED) is 0.935. The summed E-state index contributed by atoms with van der Waals surface area (Å²) in [4.78, 5) is 6.62. The summed E-state index contributed by atoms with van der Waals surface area (Å²) in [5.74, 6) is 1.70. The van der Waals surface area contributed by atoms with E-state index in [1.54, 1.807) is 0 Å². The van der Waals surface area contributed by atoms with Crippen molar-refractivity contribution in [3.05, 3.63) is 47.6 Å². The van der Waals surface area contributed by atoms with Gasteiger partial charge in [0.15, 0.2) is 5.82 Å². The van der Waals surface area contributed by atoms with Gasteiger partial charge in [-0.3, -0.25) is 4.90 Å². The predicted molar refractivity (Wildman–Crippen MR) is 78.9 cm³/mol. The lowest BCUT2D eigenvalue weighted by Gasteiger charge is -2.32. The molecule has 1 saturated heterocycles. The summed E-state index contributed by atoms with van der Waals surface area (Å²) in [5.41, 5.74) is 0.966. The smallest absolute Gasteiger partial charge is 0.231 e. The summed E-state index contributed by atoms with van der Waals surface area (Å²) in [6, 6.07) is 9.81. The summed E-state index contributed by atoms with van der Waals surface area (Å²) in [5, 5.41) is 14.2. The highest BCUT2D eigenvalue weighted by Gasteiger charge is 2.26. The number of hydrogen-bond acceptors (Lipinski definition) is 5. The maximum absolute atomic E-state index is 10.3. The van der Waals surface area contributed by atoms with Crippen molar-refractivity contribution in [1.82, 2.24) is 15.0 Å². The number of aryl methyl sites for hydroxylation is 1. The minimum Gasteiger partial charge on any atom is -0.387 e. The third kappa shape index (κ3) is 3.49. The molecule has 2 heterocycles. The number of aromatic nitrogens is 2. The monoisotopic (exact) mass is 287 g/mol. The van der Waals surface area contributed by atoms with Crippen LogP contribution in [0, 0.1) is 6.92 Å². The number of likely N-dealkylation sites (tertiary alicyclic amines) is 1. The molecule has 2 aromatic rings. The minimum absolute atomic E-state index is 0.280. The second kappa shape index (κ2) is 6.37. The van der Waals surface area contributed by atoms with E-state index in [0.717, 1.165) is 37.4 Å². The van der Waals surface area contributed by atoms with Crippen LogP contribution in [0.1, 0.15) is 42.1 Å². The fourth-order valence-corrected chi connectivity index (χ4v) is 2.93. The van der Waals surface area contributed by atoms with Crippen LogP contribution in [0.5, 0.6) is 0 Å². The summed E-state index contributed by atoms with van der Waals surface area (Å²) in [6.07, 6.45) is 1.71. The summed E-state index contributed by atoms with van der Waals surface area (Å²) in [7, 11) is 0. The number of hydrogen-bond donors (Lipinski definition) is 1. The Morgan fingerprint density at radius 2 is 2.19 bits per heavy atom. The van der Waals surface area contributed by atoms with Gasteiger partial charge in [-0.05, 0) is 31.9 Å². The molecule has 1 N–H and O–H groups in total. The normalized spacial score (nSPS) is 21.3. The Morgan fingerprint density at radius 1 is 1.38 bits per heavy atom. The number of aliphatic hydroxyl groups is 1. The number of benzene rings is 1. The lowest BCUT2D eigenvalue weighted by molar-refractivity contribution is 0.0910. The zero-order chi connectivity index (χ0) is 14.7. The Labute approximate surface area is 124 Å². The van der Waals surface area contributed by atoms with Crippen LogP contribution >= 0.6 is 0 Å². The van der Waals surface area contributed by atoms with Gasteiger partial charge >= 0.3 is 0 Å². The summed E-state index contributed by atoms with van der Waals surface area (Å²) in [6.45, 7) is 4.36. The molecule has 1 aliphatic rings. The van der Waals surface area contributed by atoms with Gasteiger partial charge in [-0.25, -0.2) is 0 Å². The van der Waals surface area contributed by atoms with Crippen molar-refractivity contribution in [2.24, 2.45) is 0 Å². The molecule has 0 radical (unpaired) electrons. The lowest BCUT2D eigenvalue weighted by atomic mass is 9.97. The number of rotatable bonds is 4. The summed E-state index contributed by atoms with van der Waals surface area (Å²) < 4.78 is 5.29. The number of piperidine rings is 1. The molecule has 112 valence electrons. The average molecular weight is 287 g/mol. The van der Waals surface area contributed by atoms with Crippen LogP contribution in [-0.4, -0.2) is 39.8 Å². The van der Waals surface area contributed by atoms with Crippen LogP contribution < -0.4 is 0 Å². The topological polar surface area (TPSA) is 62.4 Å². The number of β-amino-alcohol motifs (C(OH)–C–C–N with tert-alkyl or cyclic N) is 1. The van der Waals surface area contributed by atoms with Crippen molar-refractivity contribution in [3.8, 4) is 0 Å². The fraction of sp³-hybridized carbons (Fsp3) is 0.500. The highest BCUT2D eigenvalue weighted by Crippen LogP contribution is 2.27. The molecule has 0 spiro atoms. The zero-order valence-electron chi connectivity index (χ0n) is 12.3. The highest BCUT2D eigenvalue weighted by atomic mass is 16.5. The molecule has 0 saturated carbocycles. The van der Waals surface area contributed by atoms with Crippen molar-refractivity contribution in [1.29, 1.82) is 0 Å². The molecule has 0 bridgehead atoms. The Bertz CT molecular complexity index is 570. The van der Waals surface area contributed by atoms with Gasteiger partial charge in [0.2, 0.25) is 5.89 Å². The third-order valence-corrected chi connectivity index (χ3v) is 4.01. The van der Waals surface area contributed by atoms with E-state index in [1.165, 1.54) is 0 Å². The fourth-order valence-electron chi connectivity index (χ4n) is 2.93. The van der Waals surface area contributed by atoms with Gasteiger partial charge in [0.05, 0.1) is 12.0 Å². The van der Waals surface area contributed by atoms with Crippen LogP contribution in [-0.2, 0) is 0 Å². The molecule has 0 amide bonds. The Morgan fingerprint density at radius 3 is 2.90 bits per heavy atom. The van der Waals surface area contributed by atoms with Crippen molar-refractivity contribution in [2.75, 3.05) is 19.6 Å². The van der Waals surface area contributed by atoms with E-state index in [2.05, 4.69) is 15.0 Å². The molecule has 21 heavy (non-hydrogen) atoms. The minimum atomic E-state index is -0.450. The van der Waals surface area contributed by atoms with Crippen molar-refractivity contribution in [3.63, 3.8) is 0 Å². The van der Waals surface area contributed by atoms with Gasteiger partial charge in [-0.2, -0.15) is 4.98 Å². The van der Waals surface area contributed by atoms with E-state index in [9.17, 15) is 5.11 Å². The first-order chi connectivity index (χ1) is 10.2. The zero-order valence-corrected chi connectivity index (χ0v) is 12.3. The van der Waals surface area contributed by atoms with Gasteiger partial charge < -0.3 is 9.63 Å². The maximum Gasteiger partial charge on any atom is 0.231 e. The first-order valence-corrected chi connectivity index (χ1v) is 7.48. The van der Waals surface area contributed by atoms with Crippen LogP contribution in [0.15, 0.2) is 34.9 Å². The molecule has 5 heteroatoms. The van der Waals surface area contributed by atoms with E-state index in [4.69, 9.17) is 4.52 Å². The summed E-state index contributed by atoms with van der Waals surface area (Å²) >= 11 is 0. The maximum atomic E-state index is 10.3. The largest absolute Gasteiger partial charge is 0.387 e. The second-order valence-corrected chi connectivity index (χ2v) is 5.71. The van der Waals surface area contributed by atoms with Crippen molar-refractivity contribution >= 4 is 0 Å². The van der Waals surface area contributed by atoms with Crippen LogP contribution in [0.3, 0.4) is 0 Å². The molecule has 5 nitrogen and oxygen atoms in total. The van der Waals surface area contributed by atoms with E-state index in [-0.39, 0.29) is 5.92 Å². The molecule has 1 aromatic carbocycles. The molecule has 2 atom stereocenters. The molecule has 0 aliphatic carbocycles. The van der Waals surface area contributed by atoms with Crippen molar-refractivity contribution in [2.45, 2.75) is 31.8 Å². The van der Waals surface area contributed by atoms with Crippen LogP contribution in [0.4, 0.5) is 0 Å². The molecule has 1 fully saturated rings. The predicted octanol–water partition coefficient (Wildman–Crippen LogP) is 2.29. The molecule has 1 aliphatic heterocycles. The Kier molecular flexibility index (Phi) is 4.31. The highest BCUT2D eigenvalue weighted by molar-refractivity contribution is 5.17. The number of nitrogens with zero attached hydrogens (tertiary/aromatic N) is 3. The number of aliphatic hydroxyl groups excluding tert-OH is 1. The van der Waals surface area contributed by atoms with Crippen LogP contribution in [0.2, 0.25) is 0 Å². The molecule has 1 aromatic heterocycles. The van der Waals surface area contributed by atoms with Gasteiger partial charge in [-0.15, -0.1) is 0 Å². The molecule has 3 rings (SSSR count). The Hall–Kier alpha value is -1.72. The van der Waals surface area contributed by atoms with E-state index < -0.39 is 6.10 Å². The SMILES string of the molecule is Cc1noc([C@@H]2CCCN(C[C@H](O)c3ccccc3)C2)n1. The molecule has 0 unspecified atom stereocenters. The van der Waals surface area contributed by atoms with E-state index >= 15 is 0 Å². The van der Waals surface area contributed by atoms with Gasteiger partial charge in [0.1, 0.15) is 0 Å². The van der Waals surface area contributed by atoms with E-state index in [0.29, 0.717) is 12.4 Å². The van der Waals surface area contributed by atoms with Gasteiger partial charge in [-0.1, -0.05) is 35.5 Å². The Balaban J connectivity index is 1.61. The van der Waals surface area contributed by atoms with Crippen LogP contribution in [0.25, 0.3) is 0 Å². The average Bonchev–Trinajstić information content (AvgIpc) is 2.95. The van der Waals surface area contributed by atoms with Gasteiger partial charge in [0.25, 0.3) is 0 Å². The first kappa shape index (κ1) is 14.2. The lowest BCUT2D eigenvalue weighted by Crippen LogP contribution is -2.37. The van der Waals surface area contributed by atoms with Crippen molar-refractivity contribution < 1.29 is 9.63 Å². The third-order valence-electron chi connectivity index (χ3n) is 4.01. The van der Waals surface area contributed by atoms with Gasteiger partial charge in [0, 0.05) is 13.1 Å². The molecular formula is C16H21N3O2. The standard InChI is InChI=1S/C16H21N3O2/c1-12-17-16(21-18-12)14-8-5-9-19(10-14)11-15(20)13-6-3-2-4-7-13/h2-4,6-7,14-15,20H,5,8-11H2,1H3/t14-,15+/m1/s1. The second-order valence-electron chi connectivity index (χ2n) is 5.71. The first-order valence-electron chi connectivity index (χ1n) is 7.48. The molecular weight excluding hydrogens is 266 g/mol. The van der Waals surface area contributed by atoms with E-state index in [1.807, 2.05) is 37.3 Å².